The number of anilines is 1. The minimum absolute atomic E-state index is 0.0336. The molecule has 1 aromatic heterocycles. The molecule has 0 unspecified atom stereocenters. The highest BCUT2D eigenvalue weighted by atomic mass is 32.2. The number of pyridine rings is 1. The molecule has 2 aromatic rings. The van der Waals surface area contributed by atoms with Gasteiger partial charge in [0.2, 0.25) is 11.8 Å². The van der Waals surface area contributed by atoms with Crippen molar-refractivity contribution in [3.8, 4) is 0 Å². The predicted octanol–water partition coefficient (Wildman–Crippen LogP) is 3.40. The number of nitro groups is 1. The van der Waals surface area contributed by atoms with Gasteiger partial charge >= 0.3 is 0 Å². The summed E-state index contributed by atoms with van der Waals surface area (Å²) in [7, 11) is 0. The lowest BCUT2D eigenvalue weighted by Crippen LogP contribution is -2.33. The fourth-order valence-corrected chi connectivity index (χ4v) is 5.96. The molecule has 3 fully saturated rings. The molecule has 0 spiro atoms. The van der Waals surface area contributed by atoms with Crippen molar-refractivity contribution in [2.75, 3.05) is 11.2 Å². The zero-order valence-electron chi connectivity index (χ0n) is 14.6. The monoisotopic (exact) mass is 383 g/mol. The molecule has 2 aliphatic carbocycles. The van der Waals surface area contributed by atoms with Gasteiger partial charge in [0.15, 0.2) is 0 Å². The molecule has 2 saturated carbocycles. The maximum atomic E-state index is 13.2. The maximum absolute atomic E-state index is 13.2. The fourth-order valence-electron chi connectivity index (χ4n) is 5.35. The lowest BCUT2D eigenvalue weighted by atomic mass is 9.81. The van der Waals surface area contributed by atoms with Gasteiger partial charge in [-0.25, -0.2) is 4.90 Å². The SMILES string of the molecule is CSc1cc(N2C(=O)[C@@H]3[C@@H]4CC[C@@H](C4)[C@@H]3C2=O)c2ncccc2c1[N+](=O)[O-]. The number of amides is 2. The van der Waals surface area contributed by atoms with Crippen LogP contribution in [0.2, 0.25) is 0 Å². The van der Waals surface area contributed by atoms with E-state index in [1.807, 2.05) is 0 Å². The van der Waals surface area contributed by atoms with Crippen LogP contribution < -0.4 is 4.90 Å². The van der Waals surface area contributed by atoms with Gasteiger partial charge in [-0.15, -0.1) is 11.8 Å². The number of carbonyl (C=O) groups excluding carboxylic acids is 2. The molecule has 138 valence electrons. The number of fused-ring (bicyclic) bond motifs is 6. The summed E-state index contributed by atoms with van der Waals surface area (Å²) in [5, 5.41) is 12.0. The van der Waals surface area contributed by atoms with Crippen LogP contribution in [0.15, 0.2) is 29.3 Å². The first kappa shape index (κ1) is 16.7. The van der Waals surface area contributed by atoms with Gasteiger partial charge in [-0.1, -0.05) is 0 Å². The number of carbonyl (C=O) groups is 2. The van der Waals surface area contributed by atoms with E-state index in [0.717, 1.165) is 19.3 Å². The number of imide groups is 1. The van der Waals surface area contributed by atoms with Crippen molar-refractivity contribution in [3.63, 3.8) is 0 Å². The van der Waals surface area contributed by atoms with Crippen molar-refractivity contribution >= 4 is 45.9 Å². The van der Waals surface area contributed by atoms with Gasteiger partial charge < -0.3 is 0 Å². The summed E-state index contributed by atoms with van der Waals surface area (Å²) >= 11 is 1.23. The maximum Gasteiger partial charge on any atom is 0.292 e. The number of nitrogens with zero attached hydrogens (tertiary/aromatic N) is 3. The molecule has 0 N–H and O–H groups in total. The Labute approximate surface area is 159 Å². The molecule has 2 heterocycles. The topological polar surface area (TPSA) is 93.4 Å². The first-order chi connectivity index (χ1) is 13.0. The second-order valence-electron chi connectivity index (χ2n) is 7.50. The van der Waals surface area contributed by atoms with Gasteiger partial charge in [-0.05, 0) is 55.6 Å². The van der Waals surface area contributed by atoms with E-state index in [-0.39, 0.29) is 29.3 Å². The lowest BCUT2D eigenvalue weighted by Gasteiger charge is -2.19. The summed E-state index contributed by atoms with van der Waals surface area (Å²) < 4.78 is 0. The first-order valence-electron chi connectivity index (χ1n) is 9.01. The quantitative estimate of drug-likeness (QED) is 0.349. The molecule has 4 atom stereocenters. The van der Waals surface area contributed by atoms with Crippen LogP contribution >= 0.6 is 11.8 Å². The molecular formula is C19H17N3O4S. The Hall–Kier alpha value is -2.48. The van der Waals surface area contributed by atoms with Crippen molar-refractivity contribution in [2.24, 2.45) is 23.7 Å². The van der Waals surface area contributed by atoms with Crippen LogP contribution in [0.25, 0.3) is 10.9 Å². The molecule has 27 heavy (non-hydrogen) atoms. The molecule has 8 heteroatoms. The van der Waals surface area contributed by atoms with E-state index in [9.17, 15) is 19.7 Å². The third-order valence-electron chi connectivity index (χ3n) is 6.38. The molecule has 0 radical (unpaired) electrons. The summed E-state index contributed by atoms with van der Waals surface area (Å²) in [5.41, 5.74) is 0.675. The predicted molar refractivity (Wildman–Crippen MR) is 100 cm³/mol. The first-order valence-corrected chi connectivity index (χ1v) is 10.2. The zero-order chi connectivity index (χ0) is 18.9. The van der Waals surface area contributed by atoms with E-state index in [1.165, 1.54) is 22.9 Å². The van der Waals surface area contributed by atoms with Crippen molar-refractivity contribution < 1.29 is 14.5 Å². The fraction of sp³-hybridized carbons (Fsp3) is 0.421. The van der Waals surface area contributed by atoms with Crippen LogP contribution in [0, 0.1) is 33.8 Å². The van der Waals surface area contributed by atoms with E-state index in [2.05, 4.69) is 4.98 Å². The number of hydrogen-bond donors (Lipinski definition) is 0. The smallest absolute Gasteiger partial charge is 0.274 e. The molecule has 5 rings (SSSR count). The van der Waals surface area contributed by atoms with Crippen LogP contribution in [0.4, 0.5) is 11.4 Å². The van der Waals surface area contributed by atoms with E-state index < -0.39 is 4.92 Å². The van der Waals surface area contributed by atoms with Gasteiger partial charge in [0.25, 0.3) is 5.69 Å². The van der Waals surface area contributed by atoms with Gasteiger partial charge in [0, 0.05) is 6.20 Å². The summed E-state index contributed by atoms with van der Waals surface area (Å²) in [6.45, 7) is 0. The van der Waals surface area contributed by atoms with Crippen molar-refractivity contribution in [1.29, 1.82) is 0 Å². The average molecular weight is 383 g/mol. The summed E-state index contributed by atoms with van der Waals surface area (Å²) in [4.78, 5) is 43.6. The highest BCUT2D eigenvalue weighted by Gasteiger charge is 2.61. The zero-order valence-corrected chi connectivity index (χ0v) is 15.4. The normalized spacial score (nSPS) is 29.0. The molecule has 1 aliphatic heterocycles. The lowest BCUT2D eigenvalue weighted by molar-refractivity contribution is -0.385. The summed E-state index contributed by atoms with van der Waals surface area (Å²) in [6.07, 6.45) is 6.26. The minimum Gasteiger partial charge on any atom is -0.274 e. The highest BCUT2D eigenvalue weighted by molar-refractivity contribution is 7.98. The molecule has 3 aliphatic rings. The van der Waals surface area contributed by atoms with Gasteiger partial charge in [0.05, 0.1) is 32.7 Å². The Kier molecular flexibility index (Phi) is 3.56. The Balaban J connectivity index is 1.72. The van der Waals surface area contributed by atoms with Crippen molar-refractivity contribution in [2.45, 2.75) is 24.2 Å². The number of nitro benzene ring substituents is 1. The van der Waals surface area contributed by atoms with Crippen molar-refractivity contribution in [3.05, 3.63) is 34.5 Å². The standard InChI is InChI=1S/C19H17N3O4S/c1-27-13-8-12(16-11(3-2-6-20-16)17(13)22(25)26)21-18(23)14-9-4-5-10(7-9)15(14)19(21)24/h2-3,6,8-10,14-15H,4-5,7H2,1H3/t9-,10+,14-,15+. The molecular weight excluding hydrogens is 366 g/mol. The largest absolute Gasteiger partial charge is 0.292 e. The number of benzene rings is 1. The minimum atomic E-state index is -0.428. The Morgan fingerprint density at radius 1 is 1.22 bits per heavy atom. The third-order valence-corrected chi connectivity index (χ3v) is 7.13. The molecule has 1 saturated heterocycles. The van der Waals surface area contributed by atoms with Gasteiger partial charge in [-0.2, -0.15) is 0 Å². The summed E-state index contributed by atoms with van der Waals surface area (Å²) in [5.74, 6) is -0.210. The number of aromatic nitrogens is 1. The molecule has 2 amide bonds. The molecule has 7 nitrogen and oxygen atoms in total. The van der Waals surface area contributed by atoms with Gasteiger partial charge in [-0.3, -0.25) is 24.7 Å². The Morgan fingerprint density at radius 2 is 1.89 bits per heavy atom. The second-order valence-corrected chi connectivity index (χ2v) is 8.35. The Morgan fingerprint density at radius 3 is 2.48 bits per heavy atom. The molecule has 2 bridgehead atoms. The third kappa shape index (κ3) is 2.13. The van der Waals surface area contributed by atoms with Crippen LogP contribution in [0.5, 0.6) is 0 Å². The van der Waals surface area contributed by atoms with Crippen LogP contribution in [-0.2, 0) is 9.59 Å². The molecule has 1 aromatic carbocycles. The second kappa shape index (κ2) is 5.76. The van der Waals surface area contributed by atoms with Crippen LogP contribution in [0.1, 0.15) is 19.3 Å². The van der Waals surface area contributed by atoms with E-state index in [1.54, 1.807) is 24.5 Å². The van der Waals surface area contributed by atoms with E-state index >= 15 is 0 Å². The Bertz CT molecular complexity index is 995. The number of hydrogen-bond acceptors (Lipinski definition) is 6. The van der Waals surface area contributed by atoms with Gasteiger partial charge in [0.1, 0.15) is 5.52 Å². The number of rotatable bonds is 3. The van der Waals surface area contributed by atoms with Crippen LogP contribution in [-0.4, -0.2) is 28.0 Å². The summed E-state index contributed by atoms with van der Waals surface area (Å²) in [6, 6.07) is 4.84. The average Bonchev–Trinajstić information content (AvgIpc) is 3.34. The van der Waals surface area contributed by atoms with Crippen LogP contribution in [0.3, 0.4) is 0 Å². The van der Waals surface area contributed by atoms with E-state index in [4.69, 9.17) is 0 Å². The number of thioether (sulfide) groups is 1. The van der Waals surface area contributed by atoms with Crippen molar-refractivity contribution in [1.82, 2.24) is 4.98 Å². The van der Waals surface area contributed by atoms with E-state index in [0.29, 0.717) is 33.3 Å². The highest BCUT2D eigenvalue weighted by Crippen LogP contribution is 2.57.